The Balaban J connectivity index is 2.73. The predicted octanol–water partition coefficient (Wildman–Crippen LogP) is 1.19. The standard InChI is InChI=1S/C10H10BrNO3/c11-8-3-1-2-7(4-8)5-9(10(14)15)12-6-13/h1-4,6,9H,5H2,(H,12,13)(H,14,15). The van der Waals surface area contributed by atoms with Gasteiger partial charge < -0.3 is 10.4 Å². The van der Waals surface area contributed by atoms with E-state index in [0.717, 1.165) is 10.0 Å². The van der Waals surface area contributed by atoms with Gasteiger partial charge in [0.05, 0.1) is 0 Å². The van der Waals surface area contributed by atoms with Gasteiger partial charge in [-0.2, -0.15) is 0 Å². The topological polar surface area (TPSA) is 66.4 Å². The number of carbonyl (C=O) groups excluding carboxylic acids is 1. The highest BCUT2D eigenvalue weighted by Crippen LogP contribution is 2.13. The second-order valence-corrected chi connectivity index (χ2v) is 3.93. The van der Waals surface area contributed by atoms with Crippen LogP contribution >= 0.6 is 15.9 Å². The van der Waals surface area contributed by atoms with Gasteiger partial charge in [-0.15, -0.1) is 0 Å². The van der Waals surface area contributed by atoms with Crippen LogP contribution in [0.15, 0.2) is 28.7 Å². The molecule has 15 heavy (non-hydrogen) atoms. The number of rotatable bonds is 5. The zero-order chi connectivity index (χ0) is 11.3. The van der Waals surface area contributed by atoms with Crippen LogP contribution < -0.4 is 5.32 Å². The maximum atomic E-state index is 10.7. The van der Waals surface area contributed by atoms with Crippen molar-refractivity contribution in [1.29, 1.82) is 0 Å². The van der Waals surface area contributed by atoms with Gasteiger partial charge in [0, 0.05) is 10.9 Å². The van der Waals surface area contributed by atoms with Crippen molar-refractivity contribution >= 4 is 28.3 Å². The molecule has 5 heteroatoms. The summed E-state index contributed by atoms with van der Waals surface area (Å²) in [4.78, 5) is 20.9. The molecule has 0 aromatic heterocycles. The average Bonchev–Trinajstić information content (AvgIpc) is 2.17. The van der Waals surface area contributed by atoms with E-state index < -0.39 is 12.0 Å². The molecule has 0 saturated carbocycles. The van der Waals surface area contributed by atoms with Crippen LogP contribution in [0.25, 0.3) is 0 Å². The summed E-state index contributed by atoms with van der Waals surface area (Å²) >= 11 is 3.29. The zero-order valence-corrected chi connectivity index (χ0v) is 9.40. The number of benzene rings is 1. The van der Waals surface area contributed by atoms with Crippen molar-refractivity contribution in [3.8, 4) is 0 Å². The molecule has 0 radical (unpaired) electrons. The van der Waals surface area contributed by atoms with E-state index in [1.165, 1.54) is 0 Å². The smallest absolute Gasteiger partial charge is 0.326 e. The minimum Gasteiger partial charge on any atom is -0.480 e. The van der Waals surface area contributed by atoms with E-state index in [2.05, 4.69) is 21.2 Å². The molecule has 1 unspecified atom stereocenters. The van der Waals surface area contributed by atoms with Gasteiger partial charge in [0.15, 0.2) is 0 Å². The summed E-state index contributed by atoms with van der Waals surface area (Å²) in [6, 6.07) is 6.43. The summed E-state index contributed by atoms with van der Waals surface area (Å²) in [5, 5.41) is 11.1. The van der Waals surface area contributed by atoms with Gasteiger partial charge in [0.1, 0.15) is 6.04 Å². The fourth-order valence-electron chi connectivity index (χ4n) is 1.20. The largest absolute Gasteiger partial charge is 0.480 e. The lowest BCUT2D eigenvalue weighted by Crippen LogP contribution is -2.37. The lowest BCUT2D eigenvalue weighted by atomic mass is 10.1. The van der Waals surface area contributed by atoms with E-state index in [0.29, 0.717) is 6.41 Å². The third-order valence-electron chi connectivity index (χ3n) is 1.90. The van der Waals surface area contributed by atoms with Crippen LogP contribution in [-0.2, 0) is 16.0 Å². The van der Waals surface area contributed by atoms with Crippen molar-refractivity contribution in [2.45, 2.75) is 12.5 Å². The van der Waals surface area contributed by atoms with E-state index in [1.54, 1.807) is 0 Å². The average molecular weight is 272 g/mol. The first-order valence-corrected chi connectivity index (χ1v) is 5.09. The highest BCUT2D eigenvalue weighted by molar-refractivity contribution is 9.10. The number of carboxylic acids is 1. The van der Waals surface area contributed by atoms with E-state index in [4.69, 9.17) is 5.11 Å². The Hall–Kier alpha value is -1.36. The molecule has 0 saturated heterocycles. The third kappa shape index (κ3) is 3.71. The summed E-state index contributed by atoms with van der Waals surface area (Å²) in [7, 11) is 0. The minimum atomic E-state index is -1.04. The predicted molar refractivity (Wildman–Crippen MR) is 58.5 cm³/mol. The van der Waals surface area contributed by atoms with Gasteiger partial charge in [0.2, 0.25) is 6.41 Å². The molecule has 0 fully saturated rings. The van der Waals surface area contributed by atoms with Crippen molar-refractivity contribution in [1.82, 2.24) is 5.32 Å². The fourth-order valence-corrected chi connectivity index (χ4v) is 1.65. The highest BCUT2D eigenvalue weighted by atomic mass is 79.9. The van der Waals surface area contributed by atoms with Crippen LogP contribution in [0.5, 0.6) is 0 Å². The van der Waals surface area contributed by atoms with Crippen molar-refractivity contribution in [3.05, 3.63) is 34.3 Å². The number of halogens is 1. The van der Waals surface area contributed by atoms with Gasteiger partial charge >= 0.3 is 5.97 Å². The quantitative estimate of drug-likeness (QED) is 0.791. The van der Waals surface area contributed by atoms with Gasteiger partial charge in [0.25, 0.3) is 0 Å². The molecule has 2 N–H and O–H groups in total. The number of hydrogen-bond donors (Lipinski definition) is 2. The Labute approximate surface area is 95.4 Å². The molecule has 1 atom stereocenters. The summed E-state index contributed by atoms with van der Waals surface area (Å²) in [5.74, 6) is -1.04. The molecule has 80 valence electrons. The van der Waals surface area contributed by atoms with Crippen LogP contribution in [0.3, 0.4) is 0 Å². The molecule has 1 rings (SSSR count). The van der Waals surface area contributed by atoms with Crippen molar-refractivity contribution in [3.63, 3.8) is 0 Å². The number of hydrogen-bond acceptors (Lipinski definition) is 2. The molecule has 0 spiro atoms. The van der Waals surface area contributed by atoms with Crippen LogP contribution in [-0.4, -0.2) is 23.5 Å². The van der Waals surface area contributed by atoms with Crippen LogP contribution in [0.1, 0.15) is 5.56 Å². The van der Waals surface area contributed by atoms with Gasteiger partial charge in [-0.1, -0.05) is 28.1 Å². The monoisotopic (exact) mass is 271 g/mol. The fraction of sp³-hybridized carbons (Fsp3) is 0.200. The van der Waals surface area contributed by atoms with E-state index in [1.807, 2.05) is 24.3 Å². The number of nitrogens with one attached hydrogen (secondary N) is 1. The van der Waals surface area contributed by atoms with E-state index in [9.17, 15) is 9.59 Å². The van der Waals surface area contributed by atoms with Gasteiger partial charge in [-0.05, 0) is 17.7 Å². The minimum absolute atomic E-state index is 0.271. The molecule has 1 aromatic carbocycles. The van der Waals surface area contributed by atoms with E-state index in [-0.39, 0.29) is 6.42 Å². The number of carboxylic acid groups (broad SMARTS) is 1. The molecule has 4 nitrogen and oxygen atoms in total. The molecule has 0 heterocycles. The van der Waals surface area contributed by atoms with Crippen molar-refractivity contribution < 1.29 is 14.7 Å². The molecule has 1 amide bonds. The number of aliphatic carboxylic acids is 1. The first-order valence-electron chi connectivity index (χ1n) is 4.30. The lowest BCUT2D eigenvalue weighted by Gasteiger charge is -2.10. The Kier molecular flexibility index (Phi) is 4.30. The zero-order valence-electron chi connectivity index (χ0n) is 7.81. The van der Waals surface area contributed by atoms with Gasteiger partial charge in [-0.25, -0.2) is 4.79 Å². The summed E-state index contributed by atoms with van der Waals surface area (Å²) < 4.78 is 0.884. The Morgan fingerprint density at radius 2 is 2.33 bits per heavy atom. The molecule has 0 aliphatic rings. The number of carbonyl (C=O) groups is 2. The molecular weight excluding hydrogens is 262 g/mol. The molecule has 0 aliphatic heterocycles. The second-order valence-electron chi connectivity index (χ2n) is 3.01. The first kappa shape index (κ1) is 11.7. The van der Waals surface area contributed by atoms with Crippen LogP contribution in [0, 0.1) is 0 Å². The Bertz CT molecular complexity index is 367. The molecule has 1 aromatic rings. The SMILES string of the molecule is O=CNC(Cc1cccc(Br)c1)C(=O)O. The Morgan fingerprint density at radius 3 is 2.87 bits per heavy atom. The lowest BCUT2D eigenvalue weighted by molar-refractivity contribution is -0.140. The third-order valence-corrected chi connectivity index (χ3v) is 2.39. The Morgan fingerprint density at radius 1 is 1.60 bits per heavy atom. The summed E-state index contributed by atoms with van der Waals surface area (Å²) in [5.41, 5.74) is 0.853. The highest BCUT2D eigenvalue weighted by Gasteiger charge is 2.16. The maximum Gasteiger partial charge on any atom is 0.326 e. The molecule has 0 bridgehead atoms. The molecule has 0 aliphatic carbocycles. The normalized spacial score (nSPS) is 11.8. The van der Waals surface area contributed by atoms with Crippen molar-refractivity contribution in [2.24, 2.45) is 0 Å². The van der Waals surface area contributed by atoms with Crippen LogP contribution in [0.2, 0.25) is 0 Å². The van der Waals surface area contributed by atoms with E-state index >= 15 is 0 Å². The second kappa shape index (κ2) is 5.50. The first-order chi connectivity index (χ1) is 7.13. The molecular formula is C10H10BrNO3. The van der Waals surface area contributed by atoms with Gasteiger partial charge in [-0.3, -0.25) is 4.79 Å². The summed E-state index contributed by atoms with van der Waals surface area (Å²) in [6.45, 7) is 0. The van der Waals surface area contributed by atoms with Crippen LogP contribution in [0.4, 0.5) is 0 Å². The maximum absolute atomic E-state index is 10.7. The number of amides is 1. The summed E-state index contributed by atoms with van der Waals surface area (Å²) in [6.07, 6.45) is 0.671. The van der Waals surface area contributed by atoms with Crippen molar-refractivity contribution in [2.75, 3.05) is 0 Å².